The summed E-state index contributed by atoms with van der Waals surface area (Å²) in [4.78, 5) is 27.9. The van der Waals surface area contributed by atoms with Gasteiger partial charge in [0.2, 0.25) is 11.8 Å². The first-order valence-electron chi connectivity index (χ1n) is 12.8. The number of alkyl halides is 3. The average molecular weight is 530 g/mol. The van der Waals surface area contributed by atoms with Gasteiger partial charge in [-0.1, -0.05) is 12.1 Å². The molecule has 0 aliphatic carbocycles. The predicted octanol–water partition coefficient (Wildman–Crippen LogP) is 4.87. The van der Waals surface area contributed by atoms with E-state index in [1.807, 2.05) is 13.1 Å². The molecule has 3 heterocycles. The summed E-state index contributed by atoms with van der Waals surface area (Å²) in [6.07, 6.45) is 0.356. The van der Waals surface area contributed by atoms with Gasteiger partial charge in [0.25, 0.3) is 0 Å². The van der Waals surface area contributed by atoms with Crippen LogP contribution in [0.2, 0.25) is 0 Å². The molecule has 5 rings (SSSR count). The number of hydrogen-bond donors (Lipinski definition) is 2. The van der Waals surface area contributed by atoms with Crippen LogP contribution >= 0.6 is 0 Å². The quantitative estimate of drug-likeness (QED) is 0.553. The van der Waals surface area contributed by atoms with Crippen LogP contribution in [0.3, 0.4) is 0 Å². The number of fused-ring (bicyclic) bond motifs is 2. The number of carbonyl (C=O) groups is 2. The van der Waals surface area contributed by atoms with Gasteiger partial charge >= 0.3 is 6.18 Å². The lowest BCUT2D eigenvalue weighted by molar-refractivity contribution is -0.137. The highest BCUT2D eigenvalue weighted by Gasteiger charge is 2.34. The van der Waals surface area contributed by atoms with E-state index in [-0.39, 0.29) is 24.3 Å². The van der Waals surface area contributed by atoms with Gasteiger partial charge in [-0.3, -0.25) is 14.5 Å². The zero-order chi connectivity index (χ0) is 26.9. The highest BCUT2D eigenvalue weighted by atomic mass is 19.4. The first-order valence-corrected chi connectivity index (χ1v) is 12.8. The lowest BCUT2D eigenvalue weighted by Gasteiger charge is -2.38. The number of carbonyl (C=O) groups excluding carboxylic acids is 2. The Morgan fingerprint density at radius 3 is 2.68 bits per heavy atom. The highest BCUT2D eigenvalue weighted by Crippen LogP contribution is 2.38. The number of rotatable bonds is 4. The molecule has 0 aromatic heterocycles. The lowest BCUT2D eigenvalue weighted by Crippen LogP contribution is -2.51. The van der Waals surface area contributed by atoms with Crippen molar-refractivity contribution in [2.45, 2.75) is 50.4 Å². The molecule has 2 N–H and O–H groups in total. The summed E-state index contributed by atoms with van der Waals surface area (Å²) in [6.45, 7) is 1.67. The molecule has 10 heteroatoms. The molecule has 2 aromatic rings. The number of nitrogens with one attached hydrogen (secondary N) is 2. The minimum Gasteiger partial charge on any atom is -0.493 e. The Labute approximate surface area is 219 Å². The van der Waals surface area contributed by atoms with Crippen molar-refractivity contribution in [3.63, 3.8) is 0 Å². The maximum Gasteiger partial charge on any atom is 0.416 e. The van der Waals surface area contributed by atoms with E-state index in [1.54, 1.807) is 12.1 Å². The normalized spacial score (nSPS) is 21.2. The minimum absolute atomic E-state index is 0.0784. The SMILES string of the molecule is CN(C1CCOCC1)C1Cc2ccc(NC(=O)C=C3CCCOc4cc(C(F)(F)F)ccc43)cc2NC1=O. The number of amides is 2. The molecule has 1 unspecified atom stereocenters. The van der Waals surface area contributed by atoms with Crippen LogP contribution < -0.4 is 15.4 Å². The van der Waals surface area contributed by atoms with E-state index in [0.29, 0.717) is 61.0 Å². The van der Waals surface area contributed by atoms with Crippen molar-refractivity contribution >= 4 is 28.8 Å². The molecule has 3 aliphatic rings. The molecule has 0 spiro atoms. The molecule has 202 valence electrons. The third-order valence-corrected chi connectivity index (χ3v) is 7.42. The highest BCUT2D eigenvalue weighted by molar-refractivity contribution is 6.05. The van der Waals surface area contributed by atoms with Crippen molar-refractivity contribution < 1.29 is 32.2 Å². The monoisotopic (exact) mass is 529 g/mol. The summed E-state index contributed by atoms with van der Waals surface area (Å²) in [7, 11) is 1.98. The second kappa shape index (κ2) is 10.8. The maximum atomic E-state index is 13.1. The standard InChI is InChI=1S/C28H30F3N3O4/c1-34(21-8-11-37-12-9-21)24-13-18-4-6-20(16-23(18)33-27(24)36)32-26(35)14-17-3-2-10-38-25-15-19(28(29,30)31)5-7-22(17)25/h4-7,14-16,21,24H,2-3,8-13H2,1H3,(H,32,35)(H,33,36). The van der Waals surface area contributed by atoms with Gasteiger partial charge in [-0.25, -0.2) is 0 Å². The van der Waals surface area contributed by atoms with Gasteiger partial charge in [-0.15, -0.1) is 0 Å². The van der Waals surface area contributed by atoms with Crippen LogP contribution in [0.5, 0.6) is 5.75 Å². The number of ether oxygens (including phenoxy) is 2. The molecule has 2 amide bonds. The zero-order valence-corrected chi connectivity index (χ0v) is 21.1. The molecule has 7 nitrogen and oxygen atoms in total. The van der Waals surface area contributed by atoms with E-state index in [1.165, 1.54) is 12.1 Å². The molecule has 38 heavy (non-hydrogen) atoms. The number of nitrogens with zero attached hydrogens (tertiary/aromatic N) is 1. The number of halogens is 3. The Morgan fingerprint density at radius 2 is 1.92 bits per heavy atom. The van der Waals surface area contributed by atoms with Crippen LogP contribution in [0.4, 0.5) is 24.5 Å². The van der Waals surface area contributed by atoms with E-state index in [9.17, 15) is 22.8 Å². The smallest absolute Gasteiger partial charge is 0.416 e. The van der Waals surface area contributed by atoms with Crippen molar-refractivity contribution in [2.75, 3.05) is 37.5 Å². The van der Waals surface area contributed by atoms with Crippen LogP contribution in [-0.2, 0) is 26.9 Å². The second-order valence-corrected chi connectivity index (χ2v) is 9.91. The number of anilines is 2. The summed E-state index contributed by atoms with van der Waals surface area (Å²) in [5.74, 6) is -0.370. The largest absolute Gasteiger partial charge is 0.493 e. The fraction of sp³-hybridized carbons (Fsp3) is 0.429. The summed E-state index contributed by atoms with van der Waals surface area (Å²) in [5.41, 5.74) is 2.45. The fourth-order valence-corrected chi connectivity index (χ4v) is 5.29. The topological polar surface area (TPSA) is 79.9 Å². The van der Waals surface area contributed by atoms with Crippen LogP contribution in [0, 0.1) is 0 Å². The van der Waals surface area contributed by atoms with E-state index in [2.05, 4.69) is 15.5 Å². The summed E-state index contributed by atoms with van der Waals surface area (Å²) >= 11 is 0. The molecule has 1 atom stereocenters. The molecular formula is C28H30F3N3O4. The molecule has 2 aromatic carbocycles. The van der Waals surface area contributed by atoms with Crippen LogP contribution in [-0.4, -0.2) is 55.7 Å². The Hall–Kier alpha value is -3.37. The molecule has 1 saturated heterocycles. The van der Waals surface area contributed by atoms with E-state index < -0.39 is 17.6 Å². The van der Waals surface area contributed by atoms with Crippen molar-refractivity contribution in [1.82, 2.24) is 4.90 Å². The van der Waals surface area contributed by atoms with E-state index >= 15 is 0 Å². The summed E-state index contributed by atoms with van der Waals surface area (Å²) in [6, 6.07) is 8.77. The lowest BCUT2D eigenvalue weighted by atomic mass is 9.95. The Kier molecular flexibility index (Phi) is 7.45. The average Bonchev–Trinajstić information content (AvgIpc) is 3.09. The molecule has 0 radical (unpaired) electrons. The van der Waals surface area contributed by atoms with Gasteiger partial charge in [-0.2, -0.15) is 13.2 Å². The molecule has 0 saturated carbocycles. The van der Waals surface area contributed by atoms with Gasteiger partial charge in [0.1, 0.15) is 5.75 Å². The Bertz CT molecular complexity index is 1250. The summed E-state index contributed by atoms with van der Waals surface area (Å²) < 4.78 is 50.4. The van der Waals surface area contributed by atoms with Gasteiger partial charge in [0, 0.05) is 42.3 Å². The third-order valence-electron chi connectivity index (χ3n) is 7.42. The van der Waals surface area contributed by atoms with Gasteiger partial charge in [-0.05, 0) is 74.6 Å². The Balaban J connectivity index is 1.29. The van der Waals surface area contributed by atoms with Crippen molar-refractivity contribution in [3.05, 3.63) is 59.2 Å². The van der Waals surface area contributed by atoms with E-state index in [0.717, 1.165) is 30.5 Å². The first kappa shape index (κ1) is 26.2. The van der Waals surface area contributed by atoms with Gasteiger partial charge in [0.15, 0.2) is 0 Å². The van der Waals surface area contributed by atoms with Crippen LogP contribution in [0.25, 0.3) is 5.57 Å². The molecule has 1 fully saturated rings. The summed E-state index contributed by atoms with van der Waals surface area (Å²) in [5, 5.41) is 5.79. The van der Waals surface area contributed by atoms with Crippen LogP contribution in [0.1, 0.15) is 42.4 Å². The first-order chi connectivity index (χ1) is 18.2. The van der Waals surface area contributed by atoms with E-state index in [4.69, 9.17) is 9.47 Å². The van der Waals surface area contributed by atoms with Gasteiger partial charge in [0.05, 0.1) is 18.2 Å². The van der Waals surface area contributed by atoms with Gasteiger partial charge < -0.3 is 20.1 Å². The number of benzene rings is 2. The number of allylic oxidation sites excluding steroid dienone is 1. The number of hydrogen-bond acceptors (Lipinski definition) is 5. The predicted molar refractivity (Wildman–Crippen MR) is 137 cm³/mol. The Morgan fingerprint density at radius 1 is 1.13 bits per heavy atom. The maximum absolute atomic E-state index is 13.1. The molecule has 3 aliphatic heterocycles. The zero-order valence-electron chi connectivity index (χ0n) is 21.1. The second-order valence-electron chi connectivity index (χ2n) is 9.91. The van der Waals surface area contributed by atoms with Crippen molar-refractivity contribution in [1.29, 1.82) is 0 Å². The third kappa shape index (κ3) is 5.71. The van der Waals surface area contributed by atoms with Crippen LogP contribution in [0.15, 0.2) is 42.5 Å². The minimum atomic E-state index is -4.48. The van der Waals surface area contributed by atoms with Crippen molar-refractivity contribution in [2.24, 2.45) is 0 Å². The molecule has 0 bridgehead atoms. The molecular weight excluding hydrogens is 499 g/mol. The van der Waals surface area contributed by atoms with Crippen molar-refractivity contribution in [3.8, 4) is 5.75 Å². The fourth-order valence-electron chi connectivity index (χ4n) is 5.29. The number of likely N-dealkylation sites (N-methyl/N-ethyl adjacent to an activating group) is 1.